The van der Waals surface area contributed by atoms with Gasteiger partial charge in [-0.3, -0.25) is 32.5 Å². The molecule has 0 aromatic heterocycles. The van der Waals surface area contributed by atoms with Gasteiger partial charge in [-0.15, -0.1) is 0 Å². The first-order chi connectivity index (χ1) is 67.2. The molecule has 0 aromatic carbocycles. The molecule has 137 heavy (non-hydrogen) atoms. The van der Waals surface area contributed by atoms with Gasteiger partial charge < -0.3 is 34.2 Å². The van der Waals surface area contributed by atoms with E-state index in [4.69, 9.17) is 32.3 Å². The number of carbonyl (C=O) groups excluding carboxylic acids is 3. The van der Waals surface area contributed by atoms with Crippen molar-refractivity contribution in [2.75, 3.05) is 39.6 Å². The van der Waals surface area contributed by atoms with Crippen LogP contribution in [0.15, 0.2) is 158 Å². The third-order valence-electron chi connectivity index (χ3n) is 24.7. The van der Waals surface area contributed by atoms with Crippen LogP contribution in [0.25, 0.3) is 0 Å². The topological polar surface area (TPSA) is 231 Å². The van der Waals surface area contributed by atoms with Gasteiger partial charge in [-0.05, 0) is 154 Å². The molecule has 0 heterocycles. The van der Waals surface area contributed by atoms with Gasteiger partial charge in [-0.2, -0.15) is 0 Å². The van der Waals surface area contributed by atoms with E-state index in [0.717, 1.165) is 135 Å². The Hall–Kier alpha value is -4.83. The van der Waals surface area contributed by atoms with E-state index in [1.807, 2.05) is 0 Å². The van der Waals surface area contributed by atoms with Gasteiger partial charge in [0.1, 0.15) is 25.4 Å². The van der Waals surface area contributed by atoms with Crippen LogP contribution in [0, 0.1) is 0 Å². The zero-order valence-corrected chi connectivity index (χ0v) is 90.0. The number of esters is 3. The molecule has 5 atom stereocenters. The van der Waals surface area contributed by atoms with Gasteiger partial charge in [0.25, 0.3) is 0 Å². The molecule has 0 aliphatic rings. The van der Waals surface area contributed by atoms with Crippen LogP contribution in [0.4, 0.5) is 0 Å². The van der Waals surface area contributed by atoms with Crippen LogP contribution in [0.5, 0.6) is 0 Å². The highest BCUT2D eigenvalue weighted by Gasteiger charge is 2.30. The number of carbonyl (C=O) groups is 3. The van der Waals surface area contributed by atoms with Gasteiger partial charge in [0.2, 0.25) is 0 Å². The maximum absolute atomic E-state index is 13.2. The van der Waals surface area contributed by atoms with Crippen LogP contribution in [0.3, 0.4) is 0 Å². The average molecular weight is 1960 g/mol. The SMILES string of the molecule is CC/C=C\C/C=C\C/C=C\C/C=C\C/C=C\CCCCCCCCCCCCCCCCCCCC(=O)OCC(COP(=O)(O)OCC(O)COP(=O)(O)OCC(O)COC(=O)CCCCCCCCCCCCCCCCCCCCC/C=C\C/C=C\C/C=C\C/C=C\CCCCC)OC(=O)CCCCCCCCCCCCCCCCCCC/C=C\C/C=C\C/C=C\C/C=C\CCCCC. The molecule has 16 nitrogen and oxygen atoms in total. The number of unbranched alkanes of at least 4 members (excludes halogenated alkanes) is 59. The molecule has 0 aliphatic carbocycles. The first-order valence-corrected chi connectivity index (χ1v) is 59.8. The summed E-state index contributed by atoms with van der Waals surface area (Å²) in [7, 11) is -9.82. The Morgan fingerprint density at radius 1 is 0.212 bits per heavy atom. The molecule has 0 amide bonds. The van der Waals surface area contributed by atoms with Gasteiger partial charge in [0.05, 0.1) is 26.4 Å². The number of aliphatic hydroxyl groups excluding tert-OH is 2. The van der Waals surface area contributed by atoms with E-state index in [1.54, 1.807) is 0 Å². The first kappa shape index (κ1) is 132. The van der Waals surface area contributed by atoms with Crippen LogP contribution in [-0.2, 0) is 55.8 Å². The van der Waals surface area contributed by atoms with Crippen LogP contribution < -0.4 is 0 Å². The molecule has 0 saturated heterocycles. The molecule has 0 aromatic rings. The summed E-state index contributed by atoms with van der Waals surface area (Å²) in [5.41, 5.74) is 0. The smallest absolute Gasteiger partial charge is 0.463 e. The molecule has 0 bridgehead atoms. The Labute approximate surface area is 841 Å². The van der Waals surface area contributed by atoms with E-state index < -0.39 is 91.5 Å². The summed E-state index contributed by atoms with van der Waals surface area (Å²) in [6.07, 6.45) is 145. The van der Waals surface area contributed by atoms with Crippen molar-refractivity contribution in [1.29, 1.82) is 0 Å². The number of phosphoric ester groups is 2. The molecule has 5 unspecified atom stereocenters. The average Bonchev–Trinajstić information content (AvgIpc) is 0.899. The van der Waals surface area contributed by atoms with E-state index >= 15 is 0 Å². The van der Waals surface area contributed by atoms with Crippen LogP contribution in [0.1, 0.15) is 522 Å². The van der Waals surface area contributed by atoms with Crippen molar-refractivity contribution in [3.05, 3.63) is 158 Å². The summed E-state index contributed by atoms with van der Waals surface area (Å²) in [4.78, 5) is 59.4. The fraction of sp³-hybridized carbons (Fsp3) is 0.756. The standard InChI is InChI=1S/C119H210O16P2/c1-4-7-10-13-16-19-22-25-28-31-34-37-40-43-46-49-52-55-56-59-61-63-66-69-72-75-78-81-84-87-90-93-96-99-102-105-117(122)129-108-114(120)109-131-136(125,126)132-110-115(121)111-133-137(127,128)134-113-116(135-119(124)107-104-101-98-95-92-89-86-83-80-77-74-71-68-65-62-58-54-51-48-45-42-39-36-33-30-27-24-21-18-15-12-9-6-3)112-130-118(123)106-103-100-97-94-91-88-85-82-79-76-73-70-67-64-60-57-53-50-47-44-41-38-35-32-29-26-23-20-17-14-11-8-5-2/h8,11,16-21,25-30,34-39,43-48,114-116,120-121H,4-7,9-10,12-15,22-24,31-33,40-42,49-113H2,1-3H3,(H,125,126)(H,127,128)/b11-8-,19-16-,20-17-,21-18-,28-25-,29-26-,30-27-,37-34-,38-35-,39-36-,46-43-,47-44-,48-45-. The lowest BCUT2D eigenvalue weighted by atomic mass is 10.0. The second kappa shape index (κ2) is 110. The molecule has 792 valence electrons. The van der Waals surface area contributed by atoms with E-state index in [2.05, 4.69) is 179 Å². The van der Waals surface area contributed by atoms with E-state index in [0.29, 0.717) is 19.3 Å². The second-order valence-corrected chi connectivity index (χ2v) is 41.1. The summed E-state index contributed by atoms with van der Waals surface area (Å²) in [6.45, 7) is 2.63. The Morgan fingerprint density at radius 3 is 0.613 bits per heavy atom. The van der Waals surface area contributed by atoms with Crippen molar-refractivity contribution >= 4 is 33.6 Å². The molecular formula is C119H210O16P2. The zero-order chi connectivity index (χ0) is 99.2. The summed E-state index contributed by atoms with van der Waals surface area (Å²) >= 11 is 0. The minimum absolute atomic E-state index is 0.106. The molecule has 18 heteroatoms. The van der Waals surface area contributed by atoms with Crippen molar-refractivity contribution in [2.45, 2.75) is 540 Å². The fourth-order valence-corrected chi connectivity index (χ4v) is 17.7. The highest BCUT2D eigenvalue weighted by atomic mass is 31.2. The van der Waals surface area contributed by atoms with Crippen molar-refractivity contribution in [3.8, 4) is 0 Å². The fourth-order valence-electron chi connectivity index (χ4n) is 16.2. The molecule has 0 rings (SSSR count). The number of hydrogen-bond acceptors (Lipinski definition) is 14. The largest absolute Gasteiger partial charge is 0.472 e. The van der Waals surface area contributed by atoms with Crippen molar-refractivity contribution in [2.24, 2.45) is 0 Å². The Kier molecular flexibility index (Phi) is 106. The predicted molar refractivity (Wildman–Crippen MR) is 583 cm³/mol. The normalized spacial score (nSPS) is 14.1. The summed E-state index contributed by atoms with van der Waals surface area (Å²) in [5, 5.41) is 20.9. The summed E-state index contributed by atoms with van der Waals surface area (Å²) in [5.74, 6) is -1.54. The maximum Gasteiger partial charge on any atom is 0.472 e. The Balaban J connectivity index is 4.58. The summed E-state index contributed by atoms with van der Waals surface area (Å²) < 4.78 is 61.9. The minimum Gasteiger partial charge on any atom is -0.463 e. The van der Waals surface area contributed by atoms with Crippen LogP contribution in [-0.4, -0.2) is 95.9 Å². The molecule has 0 aliphatic heterocycles. The third kappa shape index (κ3) is 111. The van der Waals surface area contributed by atoms with E-state index in [-0.39, 0.29) is 19.3 Å². The van der Waals surface area contributed by atoms with E-state index in [9.17, 15) is 43.5 Å². The number of rotatable bonds is 108. The number of hydrogen-bond donors (Lipinski definition) is 4. The Morgan fingerprint density at radius 2 is 0.387 bits per heavy atom. The second-order valence-electron chi connectivity index (χ2n) is 38.1. The lowest BCUT2D eigenvalue weighted by Gasteiger charge is -2.21. The number of ether oxygens (including phenoxy) is 3. The lowest BCUT2D eigenvalue weighted by molar-refractivity contribution is -0.161. The summed E-state index contributed by atoms with van der Waals surface area (Å²) in [6, 6.07) is 0. The van der Waals surface area contributed by atoms with Gasteiger partial charge in [-0.25, -0.2) is 9.13 Å². The van der Waals surface area contributed by atoms with Gasteiger partial charge in [0.15, 0.2) is 6.10 Å². The molecule has 0 radical (unpaired) electrons. The molecule has 0 saturated carbocycles. The monoisotopic (exact) mass is 1960 g/mol. The number of allylic oxidation sites excluding steroid dienone is 26. The van der Waals surface area contributed by atoms with Gasteiger partial charge in [-0.1, -0.05) is 506 Å². The highest BCUT2D eigenvalue weighted by molar-refractivity contribution is 7.47. The molecule has 0 spiro atoms. The van der Waals surface area contributed by atoms with Crippen molar-refractivity contribution in [3.63, 3.8) is 0 Å². The number of phosphoric acid groups is 2. The minimum atomic E-state index is -4.95. The number of aliphatic hydroxyl groups is 2. The lowest BCUT2D eigenvalue weighted by Crippen LogP contribution is -2.30. The maximum atomic E-state index is 13.2. The molecular weight excluding hydrogens is 1750 g/mol. The quantitative estimate of drug-likeness (QED) is 0.0146. The van der Waals surface area contributed by atoms with Crippen LogP contribution >= 0.6 is 15.6 Å². The molecule has 4 N–H and O–H groups in total. The zero-order valence-electron chi connectivity index (χ0n) is 88.2. The third-order valence-corrected chi connectivity index (χ3v) is 26.6. The van der Waals surface area contributed by atoms with E-state index in [1.165, 1.54) is 327 Å². The van der Waals surface area contributed by atoms with Crippen molar-refractivity contribution < 1.29 is 75.8 Å². The highest BCUT2D eigenvalue weighted by Crippen LogP contribution is 2.45. The van der Waals surface area contributed by atoms with Crippen molar-refractivity contribution in [1.82, 2.24) is 0 Å². The van der Waals surface area contributed by atoms with Crippen LogP contribution in [0.2, 0.25) is 0 Å². The predicted octanol–water partition coefficient (Wildman–Crippen LogP) is 36.7. The molecule has 0 fully saturated rings. The van der Waals surface area contributed by atoms with Gasteiger partial charge >= 0.3 is 33.6 Å². The first-order valence-electron chi connectivity index (χ1n) is 56.8. The van der Waals surface area contributed by atoms with Gasteiger partial charge in [0, 0.05) is 19.3 Å². The Bertz CT molecular complexity index is 3120.